The highest BCUT2D eigenvalue weighted by molar-refractivity contribution is 5.92. The van der Waals surface area contributed by atoms with E-state index in [-0.39, 0.29) is 0 Å². The molecule has 0 saturated carbocycles. The molecule has 0 fully saturated rings. The van der Waals surface area contributed by atoms with Gasteiger partial charge in [-0.15, -0.1) is 0 Å². The minimum Gasteiger partial charge on any atom is -0.501 e. The van der Waals surface area contributed by atoms with Crippen molar-refractivity contribution >= 4 is 12.0 Å². The Balaban J connectivity index is 3.01. The maximum absolute atomic E-state index is 10.9. The van der Waals surface area contributed by atoms with E-state index in [0.29, 0.717) is 17.7 Å². The Hall–Kier alpha value is -1.77. The van der Waals surface area contributed by atoms with Crippen LogP contribution in [0.1, 0.15) is 28.4 Å². The standard InChI is InChI=1S/C12H14O3/c1-3-15-7-6-10-5-4-9(2)8-11(10)12(13)14/h4-8H,3H2,1-2H3,(H,13,14)/b7-6+. The number of carboxylic acid groups (broad SMARTS) is 1. The van der Waals surface area contributed by atoms with E-state index < -0.39 is 5.97 Å². The number of hydrogen-bond donors (Lipinski definition) is 1. The molecule has 1 aromatic rings. The average Bonchev–Trinajstić information content (AvgIpc) is 2.20. The Morgan fingerprint density at radius 1 is 1.53 bits per heavy atom. The van der Waals surface area contributed by atoms with Crippen molar-refractivity contribution in [2.24, 2.45) is 0 Å². The molecule has 0 heterocycles. The SMILES string of the molecule is CCO/C=C/c1ccc(C)cc1C(=O)O. The molecule has 0 unspecified atom stereocenters. The fraction of sp³-hybridized carbons (Fsp3) is 0.250. The van der Waals surface area contributed by atoms with Crippen LogP contribution in [-0.2, 0) is 4.74 Å². The van der Waals surface area contributed by atoms with Crippen LogP contribution in [0, 0.1) is 6.92 Å². The molecule has 3 nitrogen and oxygen atoms in total. The van der Waals surface area contributed by atoms with Crippen LogP contribution >= 0.6 is 0 Å². The average molecular weight is 206 g/mol. The third kappa shape index (κ3) is 3.13. The Bertz CT molecular complexity index is 380. The van der Waals surface area contributed by atoms with Crippen LogP contribution in [0.2, 0.25) is 0 Å². The second kappa shape index (κ2) is 5.20. The quantitative estimate of drug-likeness (QED) is 0.770. The first-order chi connectivity index (χ1) is 7.15. The van der Waals surface area contributed by atoms with E-state index >= 15 is 0 Å². The van der Waals surface area contributed by atoms with E-state index in [9.17, 15) is 4.79 Å². The molecule has 1 aromatic carbocycles. The molecule has 0 aliphatic carbocycles. The highest BCUT2D eigenvalue weighted by Crippen LogP contribution is 2.13. The number of aromatic carboxylic acids is 1. The third-order valence-electron chi connectivity index (χ3n) is 1.95. The highest BCUT2D eigenvalue weighted by Gasteiger charge is 2.07. The highest BCUT2D eigenvalue weighted by atomic mass is 16.5. The lowest BCUT2D eigenvalue weighted by Crippen LogP contribution is -1.99. The minimum absolute atomic E-state index is 0.297. The zero-order chi connectivity index (χ0) is 11.3. The summed E-state index contributed by atoms with van der Waals surface area (Å²) < 4.78 is 5.03. The largest absolute Gasteiger partial charge is 0.501 e. The van der Waals surface area contributed by atoms with Crippen molar-refractivity contribution in [3.63, 3.8) is 0 Å². The van der Waals surface area contributed by atoms with Crippen LogP contribution in [-0.4, -0.2) is 17.7 Å². The van der Waals surface area contributed by atoms with Crippen molar-refractivity contribution in [1.82, 2.24) is 0 Å². The van der Waals surface area contributed by atoms with E-state index in [1.165, 1.54) is 6.26 Å². The molecular weight excluding hydrogens is 192 g/mol. The van der Waals surface area contributed by atoms with Gasteiger partial charge in [-0.25, -0.2) is 4.79 Å². The zero-order valence-electron chi connectivity index (χ0n) is 8.86. The van der Waals surface area contributed by atoms with Crippen LogP contribution < -0.4 is 0 Å². The van der Waals surface area contributed by atoms with Crippen LogP contribution in [0.25, 0.3) is 6.08 Å². The third-order valence-corrected chi connectivity index (χ3v) is 1.95. The number of rotatable bonds is 4. The lowest BCUT2D eigenvalue weighted by molar-refractivity contribution is 0.0696. The molecule has 1 N–H and O–H groups in total. The van der Waals surface area contributed by atoms with Crippen molar-refractivity contribution in [3.05, 3.63) is 41.2 Å². The van der Waals surface area contributed by atoms with E-state index in [1.54, 1.807) is 18.2 Å². The first-order valence-corrected chi connectivity index (χ1v) is 4.77. The number of benzene rings is 1. The Morgan fingerprint density at radius 3 is 2.87 bits per heavy atom. The number of ether oxygens (including phenoxy) is 1. The fourth-order valence-electron chi connectivity index (χ4n) is 1.22. The number of hydrogen-bond acceptors (Lipinski definition) is 2. The molecule has 1 rings (SSSR count). The first kappa shape index (κ1) is 11.3. The van der Waals surface area contributed by atoms with E-state index in [1.807, 2.05) is 19.9 Å². The monoisotopic (exact) mass is 206 g/mol. The Morgan fingerprint density at radius 2 is 2.27 bits per heavy atom. The van der Waals surface area contributed by atoms with Crippen molar-refractivity contribution < 1.29 is 14.6 Å². The summed E-state index contributed by atoms with van der Waals surface area (Å²) in [5, 5.41) is 8.97. The smallest absolute Gasteiger partial charge is 0.336 e. The minimum atomic E-state index is -0.921. The van der Waals surface area contributed by atoms with E-state index in [4.69, 9.17) is 9.84 Å². The molecule has 0 amide bonds. The molecule has 80 valence electrons. The molecule has 0 bridgehead atoms. The van der Waals surface area contributed by atoms with Gasteiger partial charge in [0.2, 0.25) is 0 Å². The summed E-state index contributed by atoms with van der Waals surface area (Å²) in [5.74, 6) is -0.921. The Kier molecular flexibility index (Phi) is 3.92. The number of carboxylic acids is 1. The van der Waals surface area contributed by atoms with Gasteiger partial charge in [-0.3, -0.25) is 0 Å². The van der Waals surface area contributed by atoms with Crippen LogP contribution in [0.5, 0.6) is 0 Å². The van der Waals surface area contributed by atoms with Gasteiger partial charge in [0.1, 0.15) is 0 Å². The van der Waals surface area contributed by atoms with Gasteiger partial charge >= 0.3 is 5.97 Å². The molecular formula is C12H14O3. The number of aryl methyl sites for hydroxylation is 1. The van der Waals surface area contributed by atoms with Crippen LogP contribution in [0.4, 0.5) is 0 Å². The Labute approximate surface area is 89.0 Å². The summed E-state index contributed by atoms with van der Waals surface area (Å²) in [6.07, 6.45) is 3.17. The lowest BCUT2D eigenvalue weighted by Gasteiger charge is -2.02. The fourth-order valence-corrected chi connectivity index (χ4v) is 1.22. The van der Waals surface area contributed by atoms with Crippen molar-refractivity contribution in [2.75, 3.05) is 6.61 Å². The van der Waals surface area contributed by atoms with Gasteiger partial charge in [0, 0.05) is 0 Å². The molecule has 3 heteroatoms. The van der Waals surface area contributed by atoms with E-state index in [0.717, 1.165) is 5.56 Å². The van der Waals surface area contributed by atoms with Crippen molar-refractivity contribution in [2.45, 2.75) is 13.8 Å². The topological polar surface area (TPSA) is 46.5 Å². The maximum Gasteiger partial charge on any atom is 0.336 e. The zero-order valence-corrected chi connectivity index (χ0v) is 8.86. The molecule has 0 aromatic heterocycles. The van der Waals surface area contributed by atoms with Gasteiger partial charge in [-0.2, -0.15) is 0 Å². The molecule has 0 radical (unpaired) electrons. The normalized spacial score (nSPS) is 10.5. The van der Waals surface area contributed by atoms with Crippen LogP contribution in [0.15, 0.2) is 24.5 Å². The summed E-state index contributed by atoms with van der Waals surface area (Å²) in [5.41, 5.74) is 1.88. The molecule has 0 saturated heterocycles. The van der Waals surface area contributed by atoms with E-state index in [2.05, 4.69) is 0 Å². The van der Waals surface area contributed by atoms with Gasteiger partial charge in [0.15, 0.2) is 0 Å². The summed E-state index contributed by atoms with van der Waals surface area (Å²) in [7, 11) is 0. The van der Waals surface area contributed by atoms with Gasteiger partial charge in [-0.05, 0) is 31.6 Å². The van der Waals surface area contributed by atoms with Crippen LogP contribution in [0.3, 0.4) is 0 Å². The summed E-state index contributed by atoms with van der Waals surface area (Å²) in [6.45, 7) is 4.31. The molecule has 0 spiro atoms. The second-order valence-electron chi connectivity index (χ2n) is 3.15. The predicted octanol–water partition coefficient (Wildman–Crippen LogP) is 2.70. The lowest BCUT2D eigenvalue weighted by atomic mass is 10.0. The van der Waals surface area contributed by atoms with Gasteiger partial charge in [0.25, 0.3) is 0 Å². The maximum atomic E-state index is 10.9. The van der Waals surface area contributed by atoms with Crippen molar-refractivity contribution in [3.8, 4) is 0 Å². The van der Waals surface area contributed by atoms with Gasteiger partial charge < -0.3 is 9.84 Å². The summed E-state index contributed by atoms with van der Waals surface area (Å²) >= 11 is 0. The first-order valence-electron chi connectivity index (χ1n) is 4.77. The van der Waals surface area contributed by atoms with Gasteiger partial charge in [0.05, 0.1) is 18.4 Å². The molecule has 15 heavy (non-hydrogen) atoms. The van der Waals surface area contributed by atoms with Gasteiger partial charge in [-0.1, -0.05) is 17.7 Å². The van der Waals surface area contributed by atoms with Crippen molar-refractivity contribution in [1.29, 1.82) is 0 Å². The molecule has 0 aliphatic heterocycles. The predicted molar refractivity (Wildman–Crippen MR) is 58.8 cm³/mol. The molecule has 0 atom stereocenters. The summed E-state index contributed by atoms with van der Waals surface area (Å²) in [6, 6.07) is 5.29. The molecule has 0 aliphatic rings. The summed E-state index contributed by atoms with van der Waals surface area (Å²) in [4.78, 5) is 10.9. The second-order valence-corrected chi connectivity index (χ2v) is 3.15. The number of carbonyl (C=O) groups is 1.